The van der Waals surface area contributed by atoms with Crippen LogP contribution in [0.15, 0.2) is 35.5 Å². The number of hydrogen-bond acceptors (Lipinski definition) is 3. The highest BCUT2D eigenvalue weighted by Gasteiger charge is 2.38. The molecule has 2 aliphatic rings. The molecular weight excluding hydrogens is 269 g/mol. The smallest absolute Gasteiger partial charge is 0.161 e. The average Bonchev–Trinajstić information content (AvgIpc) is 3.03. The highest BCUT2D eigenvalue weighted by atomic mass is 19.1. The largest absolute Gasteiger partial charge is 0.342 e. The molecule has 2 aromatic rings. The Bertz CT molecular complexity index is 773. The number of aryl methyl sites for hydroxylation is 1. The maximum absolute atomic E-state index is 13.2. The molecule has 0 spiro atoms. The SMILES string of the molecule is Cc1[nH]nc2c1C(c1ccc(F)cc1)C1=C(CCC1=O)N2. The number of rotatable bonds is 1. The molecule has 0 saturated carbocycles. The first kappa shape index (κ1) is 12.3. The Kier molecular flexibility index (Phi) is 2.51. The lowest BCUT2D eigenvalue weighted by molar-refractivity contribution is -0.115. The van der Waals surface area contributed by atoms with Crippen LogP contribution in [0.1, 0.15) is 35.6 Å². The van der Waals surface area contributed by atoms with Crippen LogP contribution < -0.4 is 5.32 Å². The molecule has 0 saturated heterocycles. The molecule has 106 valence electrons. The molecule has 1 aromatic heterocycles. The second-order valence-corrected chi connectivity index (χ2v) is 5.54. The molecule has 1 aromatic carbocycles. The summed E-state index contributed by atoms with van der Waals surface area (Å²) in [6.07, 6.45) is 1.25. The van der Waals surface area contributed by atoms with Crippen LogP contribution in [0.4, 0.5) is 10.2 Å². The summed E-state index contributed by atoms with van der Waals surface area (Å²) in [5.74, 6) is 0.503. The van der Waals surface area contributed by atoms with Gasteiger partial charge in [0.2, 0.25) is 0 Å². The highest BCUT2D eigenvalue weighted by molar-refractivity contribution is 6.02. The van der Waals surface area contributed by atoms with E-state index in [1.165, 1.54) is 12.1 Å². The van der Waals surface area contributed by atoms with E-state index in [0.717, 1.165) is 40.3 Å². The quantitative estimate of drug-likeness (QED) is 0.845. The predicted molar refractivity (Wildman–Crippen MR) is 76.5 cm³/mol. The first-order valence-electron chi connectivity index (χ1n) is 6.98. The van der Waals surface area contributed by atoms with Crippen molar-refractivity contribution < 1.29 is 9.18 Å². The molecule has 0 fully saturated rings. The number of benzene rings is 1. The topological polar surface area (TPSA) is 57.8 Å². The summed E-state index contributed by atoms with van der Waals surface area (Å²) in [5, 5.41) is 10.5. The molecule has 5 heteroatoms. The van der Waals surface area contributed by atoms with E-state index in [9.17, 15) is 9.18 Å². The number of H-pyrrole nitrogens is 1. The first-order valence-corrected chi connectivity index (χ1v) is 6.98. The van der Waals surface area contributed by atoms with Gasteiger partial charge in [-0.2, -0.15) is 5.10 Å². The van der Waals surface area contributed by atoms with Gasteiger partial charge in [0.15, 0.2) is 11.6 Å². The highest BCUT2D eigenvalue weighted by Crippen LogP contribution is 2.46. The molecule has 2 N–H and O–H groups in total. The number of ketones is 1. The molecule has 0 radical (unpaired) electrons. The van der Waals surface area contributed by atoms with E-state index < -0.39 is 0 Å². The lowest BCUT2D eigenvalue weighted by Crippen LogP contribution is -2.19. The van der Waals surface area contributed by atoms with Gasteiger partial charge in [-0.25, -0.2) is 4.39 Å². The van der Waals surface area contributed by atoms with Gasteiger partial charge in [-0.3, -0.25) is 9.89 Å². The van der Waals surface area contributed by atoms with E-state index in [4.69, 9.17) is 0 Å². The summed E-state index contributed by atoms with van der Waals surface area (Å²) in [4.78, 5) is 12.3. The zero-order chi connectivity index (χ0) is 14.6. The lowest BCUT2D eigenvalue weighted by Gasteiger charge is -2.26. The molecule has 1 unspecified atom stereocenters. The van der Waals surface area contributed by atoms with Crippen molar-refractivity contribution in [1.82, 2.24) is 10.2 Å². The molecule has 21 heavy (non-hydrogen) atoms. The van der Waals surface area contributed by atoms with Crippen LogP contribution >= 0.6 is 0 Å². The summed E-state index contributed by atoms with van der Waals surface area (Å²) in [5.41, 5.74) is 4.59. The standard InChI is InChI=1S/C16H14FN3O/c1-8-13-14(9-2-4-10(17)5-3-9)15-11(6-7-12(15)21)18-16(13)20-19-8/h2-5,14H,6-7H2,1H3,(H2,18,19,20). The second-order valence-electron chi connectivity index (χ2n) is 5.54. The number of aromatic nitrogens is 2. The maximum Gasteiger partial charge on any atom is 0.161 e. The third kappa shape index (κ3) is 1.73. The number of fused-ring (bicyclic) bond motifs is 1. The van der Waals surface area contributed by atoms with Gasteiger partial charge in [0.1, 0.15) is 5.82 Å². The zero-order valence-electron chi connectivity index (χ0n) is 11.5. The van der Waals surface area contributed by atoms with Crippen molar-refractivity contribution in [3.05, 3.63) is 58.2 Å². The Morgan fingerprint density at radius 1 is 1.24 bits per heavy atom. The Hall–Kier alpha value is -2.43. The third-order valence-corrected chi connectivity index (χ3v) is 4.27. The van der Waals surface area contributed by atoms with Gasteiger partial charge in [0, 0.05) is 34.9 Å². The maximum atomic E-state index is 13.2. The van der Waals surface area contributed by atoms with E-state index in [0.29, 0.717) is 6.42 Å². The number of anilines is 1. The fourth-order valence-electron chi connectivity index (χ4n) is 3.30. The van der Waals surface area contributed by atoms with Crippen LogP contribution in [0.25, 0.3) is 0 Å². The van der Waals surface area contributed by atoms with E-state index in [1.807, 2.05) is 6.92 Å². The van der Waals surface area contributed by atoms with Gasteiger partial charge in [-0.05, 0) is 31.0 Å². The fraction of sp³-hybridized carbons (Fsp3) is 0.250. The number of carbonyl (C=O) groups is 1. The van der Waals surface area contributed by atoms with Crippen LogP contribution in [-0.2, 0) is 4.79 Å². The minimum Gasteiger partial charge on any atom is -0.342 e. The van der Waals surface area contributed by atoms with Gasteiger partial charge >= 0.3 is 0 Å². The van der Waals surface area contributed by atoms with E-state index in [1.54, 1.807) is 12.1 Å². The van der Waals surface area contributed by atoms with Crippen molar-refractivity contribution >= 4 is 11.6 Å². The van der Waals surface area contributed by atoms with Crippen molar-refractivity contribution in [1.29, 1.82) is 0 Å². The first-order chi connectivity index (χ1) is 10.1. The fourth-order valence-corrected chi connectivity index (χ4v) is 3.30. The Balaban J connectivity index is 1.94. The van der Waals surface area contributed by atoms with Gasteiger partial charge in [-0.15, -0.1) is 0 Å². The number of hydrogen-bond donors (Lipinski definition) is 2. The monoisotopic (exact) mass is 283 g/mol. The molecule has 1 aliphatic carbocycles. The number of nitrogens with zero attached hydrogens (tertiary/aromatic N) is 1. The van der Waals surface area contributed by atoms with Crippen LogP contribution in [-0.4, -0.2) is 16.0 Å². The van der Waals surface area contributed by atoms with E-state index in [2.05, 4.69) is 15.5 Å². The summed E-state index contributed by atoms with van der Waals surface area (Å²) < 4.78 is 13.2. The normalized spacial score (nSPS) is 20.3. The molecule has 0 bridgehead atoms. The number of carbonyl (C=O) groups excluding carboxylic acids is 1. The van der Waals surface area contributed by atoms with Crippen molar-refractivity contribution in [2.75, 3.05) is 5.32 Å². The Morgan fingerprint density at radius 3 is 2.76 bits per heavy atom. The zero-order valence-corrected chi connectivity index (χ0v) is 11.5. The Morgan fingerprint density at radius 2 is 2.00 bits per heavy atom. The molecule has 1 atom stereocenters. The van der Waals surface area contributed by atoms with Gasteiger partial charge in [0.05, 0.1) is 0 Å². The molecule has 0 amide bonds. The van der Waals surface area contributed by atoms with Crippen LogP contribution in [0, 0.1) is 12.7 Å². The van der Waals surface area contributed by atoms with Gasteiger partial charge in [0.25, 0.3) is 0 Å². The van der Waals surface area contributed by atoms with Crippen LogP contribution in [0.3, 0.4) is 0 Å². The van der Waals surface area contributed by atoms with Crippen molar-refractivity contribution in [3.8, 4) is 0 Å². The number of halogens is 1. The minimum atomic E-state index is -0.274. The van der Waals surface area contributed by atoms with Crippen molar-refractivity contribution in [2.45, 2.75) is 25.7 Å². The predicted octanol–water partition coefficient (Wildman–Crippen LogP) is 3.03. The Labute approximate surface area is 121 Å². The summed E-state index contributed by atoms with van der Waals surface area (Å²) >= 11 is 0. The molecule has 4 nitrogen and oxygen atoms in total. The number of allylic oxidation sites excluding steroid dienone is 2. The van der Waals surface area contributed by atoms with Crippen LogP contribution in [0.5, 0.6) is 0 Å². The third-order valence-electron chi connectivity index (χ3n) is 4.27. The molecule has 1 aliphatic heterocycles. The summed E-state index contributed by atoms with van der Waals surface area (Å²) in [6, 6.07) is 6.37. The molecule has 4 rings (SSSR count). The summed E-state index contributed by atoms with van der Waals surface area (Å²) in [6.45, 7) is 1.94. The van der Waals surface area contributed by atoms with Gasteiger partial charge < -0.3 is 5.32 Å². The second kappa shape index (κ2) is 4.28. The van der Waals surface area contributed by atoms with E-state index in [-0.39, 0.29) is 17.5 Å². The minimum absolute atomic E-state index is 0.161. The van der Waals surface area contributed by atoms with Crippen molar-refractivity contribution in [3.63, 3.8) is 0 Å². The molecule has 2 heterocycles. The number of aromatic amines is 1. The average molecular weight is 283 g/mol. The van der Waals surface area contributed by atoms with Gasteiger partial charge in [-0.1, -0.05) is 12.1 Å². The molecular formula is C16H14FN3O. The van der Waals surface area contributed by atoms with Crippen LogP contribution in [0.2, 0.25) is 0 Å². The van der Waals surface area contributed by atoms with E-state index >= 15 is 0 Å². The lowest BCUT2D eigenvalue weighted by atomic mass is 9.81. The number of nitrogens with one attached hydrogen (secondary N) is 2. The summed E-state index contributed by atoms with van der Waals surface area (Å²) in [7, 11) is 0. The van der Waals surface area contributed by atoms with Crippen molar-refractivity contribution in [2.24, 2.45) is 0 Å². The number of Topliss-reactive ketones (excluding diaryl/α,β-unsaturated/α-hetero) is 1.